The highest BCUT2D eigenvalue weighted by Crippen LogP contribution is 2.17. The third-order valence-corrected chi connectivity index (χ3v) is 3.95. The predicted octanol–water partition coefficient (Wildman–Crippen LogP) is 4.36. The van der Waals surface area contributed by atoms with Crippen LogP contribution in [-0.4, -0.2) is 14.9 Å². The summed E-state index contributed by atoms with van der Waals surface area (Å²) in [5.74, 6) is 0. The molecule has 0 saturated carbocycles. The minimum Gasteiger partial charge on any atom is -0.332 e. The summed E-state index contributed by atoms with van der Waals surface area (Å²) in [5.41, 5.74) is 5.59. The number of benzene rings is 2. The van der Waals surface area contributed by atoms with Gasteiger partial charge in [-0.15, -0.1) is 0 Å². The third-order valence-electron chi connectivity index (χ3n) is 3.75. The first-order chi connectivity index (χ1) is 11.6. The van der Waals surface area contributed by atoms with Gasteiger partial charge in [0.1, 0.15) is 0 Å². The molecular formula is C19H20N4S. The van der Waals surface area contributed by atoms with Crippen LogP contribution in [0.2, 0.25) is 0 Å². The van der Waals surface area contributed by atoms with Crippen molar-refractivity contribution in [2.24, 2.45) is 0 Å². The van der Waals surface area contributed by atoms with Crippen LogP contribution in [0.25, 0.3) is 0 Å². The lowest BCUT2D eigenvalue weighted by Gasteiger charge is -2.13. The van der Waals surface area contributed by atoms with E-state index in [0.717, 1.165) is 17.9 Å². The fourth-order valence-electron chi connectivity index (χ4n) is 2.51. The first-order valence-electron chi connectivity index (χ1n) is 7.82. The average Bonchev–Trinajstić information content (AvgIpc) is 3.05. The predicted molar refractivity (Wildman–Crippen MR) is 104 cm³/mol. The van der Waals surface area contributed by atoms with Crippen LogP contribution in [0.3, 0.4) is 0 Å². The number of aromatic nitrogens is 2. The second-order valence-electron chi connectivity index (χ2n) is 5.80. The molecule has 3 rings (SSSR count). The van der Waals surface area contributed by atoms with Crippen LogP contribution in [0.1, 0.15) is 16.7 Å². The monoisotopic (exact) mass is 336 g/mol. The number of hydrogen-bond acceptors (Lipinski definition) is 2. The van der Waals surface area contributed by atoms with Gasteiger partial charge in [0.25, 0.3) is 0 Å². The van der Waals surface area contributed by atoms with Gasteiger partial charge in [-0.1, -0.05) is 29.8 Å². The van der Waals surface area contributed by atoms with Gasteiger partial charge in [0.05, 0.1) is 6.54 Å². The molecule has 2 aromatic carbocycles. The topological polar surface area (TPSA) is 41.9 Å². The molecule has 0 saturated heterocycles. The molecule has 122 valence electrons. The zero-order chi connectivity index (χ0) is 16.9. The summed E-state index contributed by atoms with van der Waals surface area (Å²) in [5, 5.41) is 11.3. The molecule has 0 spiro atoms. The quantitative estimate of drug-likeness (QED) is 0.695. The number of hydrogen-bond donors (Lipinski definition) is 2. The maximum Gasteiger partial charge on any atom is 0.175 e. The number of rotatable bonds is 4. The molecule has 5 heteroatoms. The molecule has 0 radical (unpaired) electrons. The van der Waals surface area contributed by atoms with Crippen LogP contribution in [0.4, 0.5) is 11.4 Å². The molecule has 4 nitrogen and oxygen atoms in total. The summed E-state index contributed by atoms with van der Waals surface area (Å²) in [6.45, 7) is 4.92. The smallest absolute Gasteiger partial charge is 0.175 e. The van der Waals surface area contributed by atoms with E-state index >= 15 is 0 Å². The van der Waals surface area contributed by atoms with Crippen molar-refractivity contribution in [3.63, 3.8) is 0 Å². The van der Waals surface area contributed by atoms with Crippen molar-refractivity contribution in [3.8, 4) is 0 Å². The van der Waals surface area contributed by atoms with Crippen LogP contribution in [-0.2, 0) is 6.54 Å². The molecule has 0 unspecified atom stereocenters. The highest BCUT2D eigenvalue weighted by atomic mass is 32.1. The average molecular weight is 336 g/mol. The Morgan fingerprint density at radius 3 is 2.54 bits per heavy atom. The van der Waals surface area contributed by atoms with Crippen molar-refractivity contribution in [2.45, 2.75) is 20.4 Å². The Morgan fingerprint density at radius 1 is 1.08 bits per heavy atom. The van der Waals surface area contributed by atoms with Crippen molar-refractivity contribution >= 4 is 28.7 Å². The Hall–Kier alpha value is -2.66. The van der Waals surface area contributed by atoms with E-state index in [-0.39, 0.29) is 0 Å². The van der Waals surface area contributed by atoms with Gasteiger partial charge in [-0.05, 0) is 61.5 Å². The van der Waals surface area contributed by atoms with E-state index in [2.05, 4.69) is 53.8 Å². The molecule has 24 heavy (non-hydrogen) atoms. The lowest BCUT2D eigenvalue weighted by molar-refractivity contribution is 0.687. The molecule has 1 heterocycles. The second kappa shape index (κ2) is 7.27. The van der Waals surface area contributed by atoms with Crippen molar-refractivity contribution in [1.82, 2.24) is 9.78 Å². The van der Waals surface area contributed by atoms with Gasteiger partial charge in [-0.3, -0.25) is 4.68 Å². The van der Waals surface area contributed by atoms with Crippen LogP contribution in [0.15, 0.2) is 60.9 Å². The van der Waals surface area contributed by atoms with Gasteiger partial charge in [-0.25, -0.2) is 0 Å². The van der Waals surface area contributed by atoms with Gasteiger partial charge in [0.15, 0.2) is 5.11 Å². The van der Waals surface area contributed by atoms with Gasteiger partial charge in [-0.2, -0.15) is 5.10 Å². The number of thiocarbonyl (C=S) groups is 1. The van der Waals surface area contributed by atoms with Crippen molar-refractivity contribution < 1.29 is 0 Å². The number of nitrogens with zero attached hydrogens (tertiary/aromatic N) is 2. The minimum absolute atomic E-state index is 0.585. The largest absolute Gasteiger partial charge is 0.332 e. The van der Waals surface area contributed by atoms with Crippen LogP contribution >= 0.6 is 12.2 Å². The lowest BCUT2D eigenvalue weighted by Crippen LogP contribution is -2.19. The number of anilines is 2. The third kappa shape index (κ3) is 4.20. The number of aryl methyl sites for hydroxylation is 2. The summed E-state index contributed by atoms with van der Waals surface area (Å²) >= 11 is 5.40. The Kier molecular flexibility index (Phi) is 4.91. The Morgan fingerprint density at radius 2 is 1.88 bits per heavy atom. The van der Waals surface area contributed by atoms with Crippen molar-refractivity contribution in [3.05, 3.63) is 77.6 Å². The van der Waals surface area contributed by atoms with E-state index in [1.165, 1.54) is 16.7 Å². The molecule has 0 bridgehead atoms. The van der Waals surface area contributed by atoms with Crippen molar-refractivity contribution in [1.29, 1.82) is 0 Å². The van der Waals surface area contributed by atoms with Gasteiger partial charge in [0.2, 0.25) is 0 Å². The first-order valence-corrected chi connectivity index (χ1v) is 8.22. The molecule has 0 aliphatic carbocycles. The summed E-state index contributed by atoms with van der Waals surface area (Å²) in [7, 11) is 0. The first kappa shape index (κ1) is 16.2. The Labute approximate surface area is 147 Å². The summed E-state index contributed by atoms with van der Waals surface area (Å²) in [6.07, 6.45) is 3.74. The molecule has 0 amide bonds. The van der Waals surface area contributed by atoms with Gasteiger partial charge in [0, 0.05) is 23.8 Å². The van der Waals surface area contributed by atoms with Crippen LogP contribution in [0.5, 0.6) is 0 Å². The summed E-state index contributed by atoms with van der Waals surface area (Å²) < 4.78 is 1.90. The maximum atomic E-state index is 5.40. The summed E-state index contributed by atoms with van der Waals surface area (Å²) in [6, 6.07) is 16.4. The highest BCUT2D eigenvalue weighted by Gasteiger charge is 2.03. The maximum absolute atomic E-state index is 5.40. The van der Waals surface area contributed by atoms with E-state index < -0.39 is 0 Å². The van der Waals surface area contributed by atoms with Crippen molar-refractivity contribution in [2.75, 3.05) is 10.6 Å². The molecule has 0 fully saturated rings. The standard InChI is InChI=1S/C19H20N4S/c1-14-4-9-18(15(2)12-14)22-19(24)21-17-7-5-16(6-8-17)13-23-11-3-10-20-23/h3-12H,13H2,1-2H3,(H2,21,22,24). The fourth-order valence-corrected chi connectivity index (χ4v) is 2.74. The zero-order valence-electron chi connectivity index (χ0n) is 13.8. The Bertz CT molecular complexity index is 823. The van der Waals surface area contributed by atoms with Crippen LogP contribution < -0.4 is 10.6 Å². The van der Waals surface area contributed by atoms with Gasteiger partial charge < -0.3 is 10.6 Å². The van der Waals surface area contributed by atoms with E-state index in [9.17, 15) is 0 Å². The molecule has 0 atom stereocenters. The van der Waals surface area contributed by atoms with E-state index in [4.69, 9.17) is 12.2 Å². The molecule has 3 aromatic rings. The molecule has 0 aliphatic rings. The fraction of sp³-hybridized carbons (Fsp3) is 0.158. The molecular weight excluding hydrogens is 316 g/mol. The number of nitrogens with one attached hydrogen (secondary N) is 2. The van der Waals surface area contributed by atoms with E-state index in [0.29, 0.717) is 5.11 Å². The SMILES string of the molecule is Cc1ccc(NC(=S)Nc2ccc(Cn3cccn3)cc2)c(C)c1. The van der Waals surface area contributed by atoms with Gasteiger partial charge >= 0.3 is 0 Å². The zero-order valence-corrected chi connectivity index (χ0v) is 14.6. The highest BCUT2D eigenvalue weighted by molar-refractivity contribution is 7.80. The summed E-state index contributed by atoms with van der Waals surface area (Å²) in [4.78, 5) is 0. The van der Waals surface area contributed by atoms with E-state index in [1.54, 1.807) is 6.20 Å². The molecule has 0 aliphatic heterocycles. The lowest BCUT2D eigenvalue weighted by atomic mass is 10.1. The normalized spacial score (nSPS) is 10.4. The minimum atomic E-state index is 0.585. The molecule has 2 N–H and O–H groups in total. The molecule has 1 aromatic heterocycles. The Balaban J connectivity index is 1.60. The second-order valence-corrected chi connectivity index (χ2v) is 6.21. The van der Waals surface area contributed by atoms with Crippen LogP contribution in [0, 0.1) is 13.8 Å². The van der Waals surface area contributed by atoms with E-state index in [1.807, 2.05) is 35.1 Å².